The summed E-state index contributed by atoms with van der Waals surface area (Å²) in [4.78, 5) is 12.8. The van der Waals surface area contributed by atoms with Gasteiger partial charge in [-0.15, -0.1) is 0 Å². The van der Waals surface area contributed by atoms with Crippen LogP contribution in [0.5, 0.6) is 5.75 Å². The van der Waals surface area contributed by atoms with E-state index in [9.17, 15) is 22.7 Å². The van der Waals surface area contributed by atoms with E-state index in [1.807, 2.05) is 0 Å². The number of allylic oxidation sites excluding steroid dienone is 2. The number of fused-ring (bicyclic) bond motifs is 2. The molecule has 0 amide bonds. The molecule has 4 rings (SSSR count). The molecule has 0 saturated carbocycles. The largest absolute Gasteiger partial charge is 0.490 e. The second-order valence-corrected chi connectivity index (χ2v) is 13.5. The lowest BCUT2D eigenvalue weighted by molar-refractivity contribution is -0.160. The summed E-state index contributed by atoms with van der Waals surface area (Å²) in [6.07, 6.45) is -0.667. The Morgan fingerprint density at radius 1 is 1.17 bits per heavy atom. The van der Waals surface area contributed by atoms with Crippen LogP contribution in [-0.2, 0) is 19.6 Å². The molecule has 42 heavy (non-hydrogen) atoms. The topological polar surface area (TPSA) is 105 Å². The molecule has 226 valence electrons. The molecule has 0 radical (unpaired) electrons. The van der Waals surface area contributed by atoms with Crippen molar-refractivity contribution >= 4 is 44.5 Å². The molecule has 8 nitrogen and oxygen atoms in total. The van der Waals surface area contributed by atoms with Crippen LogP contribution in [0, 0.1) is 13.8 Å². The number of ether oxygens (including phenoxy) is 2. The third-order valence-corrected chi connectivity index (χ3v) is 8.61. The van der Waals surface area contributed by atoms with Crippen LogP contribution in [-0.4, -0.2) is 51.0 Å². The fraction of sp³-hybridized carbons (Fsp3) is 0.367. The zero-order chi connectivity index (χ0) is 31.5. The van der Waals surface area contributed by atoms with Crippen molar-refractivity contribution in [3.63, 3.8) is 0 Å². The molecule has 1 atom stereocenters. The summed E-state index contributed by atoms with van der Waals surface area (Å²) in [6, 6.07) is 3.31. The van der Waals surface area contributed by atoms with Gasteiger partial charge in [0.2, 0.25) is 10.0 Å². The highest BCUT2D eigenvalue weighted by atomic mass is 35.5. The summed E-state index contributed by atoms with van der Waals surface area (Å²) >= 11 is 6.92. The molecule has 2 aromatic rings. The lowest BCUT2D eigenvalue weighted by Gasteiger charge is -2.38. The van der Waals surface area contributed by atoms with Crippen LogP contribution in [0.1, 0.15) is 49.1 Å². The second kappa shape index (κ2) is 11.0. The van der Waals surface area contributed by atoms with Gasteiger partial charge in [-0.05, 0) is 63.4 Å². The molecule has 2 heterocycles. The standard InChI is InChI=1S/C30H33ClF2N2O6S/c1-14-21(18-9-10-20-26(25(18)31)34-11-12-40-20)23(28(29(36)37)41-30(5,6)7)15(2)27-22(14)24(17(4)33)19(16(3)32)13-35(27)42(8,38)39/h9-10,28,34H,3-4,11-13H2,1-2,5-8H3,(H,36,37)/t28-/m0/s1. The van der Waals surface area contributed by atoms with Gasteiger partial charge in [0.25, 0.3) is 0 Å². The van der Waals surface area contributed by atoms with E-state index < -0.39 is 45.9 Å². The van der Waals surface area contributed by atoms with Gasteiger partial charge in [-0.3, -0.25) is 4.31 Å². The lowest BCUT2D eigenvalue weighted by atomic mass is 9.79. The number of rotatable bonds is 7. The molecule has 2 aliphatic rings. The lowest BCUT2D eigenvalue weighted by Crippen LogP contribution is -2.37. The van der Waals surface area contributed by atoms with E-state index in [0.29, 0.717) is 30.2 Å². The van der Waals surface area contributed by atoms with E-state index in [1.165, 1.54) is 6.92 Å². The normalized spacial score (nSPS) is 15.8. The summed E-state index contributed by atoms with van der Waals surface area (Å²) in [7, 11) is -4.09. The van der Waals surface area contributed by atoms with E-state index in [4.69, 9.17) is 21.1 Å². The van der Waals surface area contributed by atoms with Crippen LogP contribution >= 0.6 is 11.6 Å². The Morgan fingerprint density at radius 2 is 1.81 bits per heavy atom. The Hall–Kier alpha value is -3.41. The van der Waals surface area contributed by atoms with E-state index in [1.54, 1.807) is 39.8 Å². The van der Waals surface area contributed by atoms with Crippen molar-refractivity contribution in [2.45, 2.75) is 46.3 Å². The minimum atomic E-state index is -4.09. The maximum absolute atomic E-state index is 15.3. The van der Waals surface area contributed by atoms with E-state index in [-0.39, 0.29) is 49.7 Å². The summed E-state index contributed by atoms with van der Waals surface area (Å²) in [5.41, 5.74) is 0.157. The highest BCUT2D eigenvalue weighted by Crippen LogP contribution is 2.53. The number of benzene rings is 2. The van der Waals surface area contributed by atoms with Crippen molar-refractivity contribution in [2.24, 2.45) is 0 Å². The first-order valence-corrected chi connectivity index (χ1v) is 15.3. The Morgan fingerprint density at radius 3 is 2.33 bits per heavy atom. The Bertz CT molecular complexity index is 1680. The number of aliphatic carboxylic acids is 1. The molecule has 0 unspecified atom stereocenters. The van der Waals surface area contributed by atoms with E-state index >= 15 is 4.39 Å². The second-order valence-electron chi connectivity index (χ2n) is 11.2. The average molecular weight is 623 g/mol. The molecule has 2 N–H and O–H groups in total. The van der Waals surface area contributed by atoms with Gasteiger partial charge >= 0.3 is 5.97 Å². The van der Waals surface area contributed by atoms with Gasteiger partial charge in [0, 0.05) is 34.4 Å². The maximum atomic E-state index is 15.3. The van der Waals surface area contributed by atoms with Gasteiger partial charge in [-0.25, -0.2) is 22.0 Å². The number of carbonyl (C=O) groups is 1. The van der Waals surface area contributed by atoms with Crippen LogP contribution in [0.2, 0.25) is 5.02 Å². The van der Waals surface area contributed by atoms with Gasteiger partial charge in [0.1, 0.15) is 24.0 Å². The number of hydrogen-bond acceptors (Lipinski definition) is 6. The minimum Gasteiger partial charge on any atom is -0.490 e. The van der Waals surface area contributed by atoms with Crippen LogP contribution in [0.3, 0.4) is 0 Å². The number of hydrogen-bond donors (Lipinski definition) is 2. The monoisotopic (exact) mass is 622 g/mol. The van der Waals surface area contributed by atoms with Crippen molar-refractivity contribution in [2.75, 3.05) is 35.6 Å². The quantitative estimate of drug-likeness (QED) is 0.347. The smallest absolute Gasteiger partial charge is 0.337 e. The molecular weight excluding hydrogens is 590 g/mol. The molecule has 2 aromatic carbocycles. The molecule has 0 fully saturated rings. The first kappa shape index (κ1) is 31.5. The number of nitrogens with zero attached hydrogens (tertiary/aromatic N) is 1. The fourth-order valence-electron chi connectivity index (χ4n) is 5.52. The van der Waals surface area contributed by atoms with Gasteiger partial charge in [0.15, 0.2) is 6.10 Å². The zero-order valence-electron chi connectivity index (χ0n) is 24.2. The number of anilines is 2. The molecular formula is C30H33ClF2N2O6S. The van der Waals surface area contributed by atoms with Crippen molar-refractivity contribution in [3.05, 3.63) is 69.8 Å². The predicted octanol–water partition coefficient (Wildman–Crippen LogP) is 6.87. The van der Waals surface area contributed by atoms with Crippen LogP contribution in [0.4, 0.5) is 20.2 Å². The van der Waals surface area contributed by atoms with Gasteiger partial charge in [0.05, 0.1) is 34.8 Å². The first-order valence-electron chi connectivity index (χ1n) is 13.0. The number of sulfonamides is 1. The molecule has 0 aromatic heterocycles. The summed E-state index contributed by atoms with van der Waals surface area (Å²) in [6.45, 7) is 15.2. The van der Waals surface area contributed by atoms with Gasteiger partial charge < -0.3 is 19.9 Å². The summed E-state index contributed by atoms with van der Waals surface area (Å²) in [5, 5.41) is 13.8. The van der Waals surface area contributed by atoms with Crippen molar-refractivity contribution in [1.82, 2.24) is 0 Å². The third-order valence-electron chi connectivity index (χ3n) is 7.11. The molecule has 0 saturated heterocycles. The Labute approximate surface area is 249 Å². The Balaban J connectivity index is 2.28. The Kier molecular flexibility index (Phi) is 8.27. The van der Waals surface area contributed by atoms with E-state index in [2.05, 4.69) is 18.5 Å². The van der Waals surface area contributed by atoms with Crippen molar-refractivity contribution < 1.29 is 36.6 Å². The first-order chi connectivity index (χ1) is 19.4. The fourth-order valence-corrected chi connectivity index (χ4v) is 6.76. The summed E-state index contributed by atoms with van der Waals surface area (Å²) in [5.74, 6) is -2.89. The van der Waals surface area contributed by atoms with Crippen molar-refractivity contribution in [3.8, 4) is 16.9 Å². The maximum Gasteiger partial charge on any atom is 0.337 e. The molecule has 0 spiro atoms. The summed E-state index contributed by atoms with van der Waals surface area (Å²) < 4.78 is 69.0. The zero-order valence-corrected chi connectivity index (χ0v) is 25.8. The van der Waals surface area contributed by atoms with Crippen molar-refractivity contribution in [1.29, 1.82) is 0 Å². The van der Waals surface area contributed by atoms with Crippen LogP contribution in [0.15, 0.2) is 42.5 Å². The number of carboxylic acid groups (broad SMARTS) is 1. The SMILES string of the molecule is C=C(F)C1=C(C(=C)F)c2c(C)c(-c3ccc4c(c3Cl)NCCO4)c([C@H](OC(C)(C)C)C(=O)O)c(C)c2N(S(C)(=O)=O)C1. The molecule has 0 bridgehead atoms. The third kappa shape index (κ3) is 5.52. The van der Waals surface area contributed by atoms with Gasteiger partial charge in [-0.1, -0.05) is 24.8 Å². The molecule has 2 aliphatic heterocycles. The number of nitrogens with one attached hydrogen (secondary N) is 1. The van der Waals surface area contributed by atoms with Crippen LogP contribution < -0.4 is 14.4 Å². The van der Waals surface area contributed by atoms with Gasteiger partial charge in [-0.2, -0.15) is 0 Å². The van der Waals surface area contributed by atoms with E-state index in [0.717, 1.165) is 10.6 Å². The predicted molar refractivity (Wildman–Crippen MR) is 161 cm³/mol. The minimum absolute atomic E-state index is 0.00755. The number of halogens is 3. The molecule has 0 aliphatic carbocycles. The van der Waals surface area contributed by atoms with Crippen LogP contribution in [0.25, 0.3) is 16.7 Å². The highest BCUT2D eigenvalue weighted by molar-refractivity contribution is 7.92. The highest BCUT2D eigenvalue weighted by Gasteiger charge is 2.41. The molecule has 12 heteroatoms. The average Bonchev–Trinajstić information content (AvgIpc) is 2.87. The number of carboxylic acids is 1.